The van der Waals surface area contributed by atoms with E-state index in [0.29, 0.717) is 25.4 Å². The van der Waals surface area contributed by atoms with Crippen LogP contribution in [0.25, 0.3) is 0 Å². The van der Waals surface area contributed by atoms with Crippen LogP contribution in [-0.2, 0) is 35.1 Å². The minimum absolute atomic E-state index is 0.0542. The van der Waals surface area contributed by atoms with Crippen LogP contribution in [0.3, 0.4) is 0 Å². The zero-order chi connectivity index (χ0) is 22.2. The van der Waals surface area contributed by atoms with E-state index in [1.807, 2.05) is 30.3 Å². The van der Waals surface area contributed by atoms with E-state index in [1.54, 1.807) is 6.08 Å². The summed E-state index contributed by atoms with van der Waals surface area (Å²) in [5.41, 5.74) is 0.985. The van der Waals surface area contributed by atoms with Gasteiger partial charge in [-0.1, -0.05) is 36.4 Å². The average Bonchev–Trinajstić information content (AvgIpc) is 3.05. The van der Waals surface area contributed by atoms with E-state index < -0.39 is 30.5 Å². The fourth-order valence-electron chi connectivity index (χ4n) is 3.85. The van der Waals surface area contributed by atoms with Crippen LogP contribution in [0.1, 0.15) is 25.3 Å². The van der Waals surface area contributed by atoms with Crippen LogP contribution < -0.4 is 0 Å². The molecule has 170 valence electrons. The fraction of sp³-hybridized carbons (Fsp3) is 0.565. The van der Waals surface area contributed by atoms with E-state index in [9.17, 15) is 14.7 Å². The van der Waals surface area contributed by atoms with E-state index >= 15 is 0 Å². The lowest BCUT2D eigenvalue weighted by Gasteiger charge is -2.24. The molecular weight excluding hydrogens is 420 g/mol. The van der Waals surface area contributed by atoms with E-state index in [1.165, 1.54) is 13.0 Å². The summed E-state index contributed by atoms with van der Waals surface area (Å²) in [6.07, 6.45) is 0.776. The number of ether oxygens (including phenoxy) is 4. The Hall–Kier alpha value is -1.71. The molecule has 3 rings (SSSR count). The molecule has 7 nitrogen and oxygen atoms in total. The Kier molecular flexibility index (Phi) is 9.10. The van der Waals surface area contributed by atoms with Crippen LogP contribution in [0.4, 0.5) is 0 Å². The van der Waals surface area contributed by atoms with Gasteiger partial charge in [-0.2, -0.15) is 12.6 Å². The zero-order valence-corrected chi connectivity index (χ0v) is 18.5. The number of hydrogen-bond donors (Lipinski definition) is 2. The van der Waals surface area contributed by atoms with E-state index in [-0.39, 0.29) is 30.7 Å². The third-order valence-corrected chi connectivity index (χ3v) is 6.02. The van der Waals surface area contributed by atoms with Crippen LogP contribution >= 0.6 is 12.6 Å². The third kappa shape index (κ3) is 6.89. The van der Waals surface area contributed by atoms with Gasteiger partial charge in [0.25, 0.3) is 0 Å². The van der Waals surface area contributed by atoms with Gasteiger partial charge in [0, 0.05) is 19.3 Å². The SMILES string of the molecule is CC(=O)OCC(CS)C[C@H]1O[C@@H](C[C@H]2OCC=CC2=O)[C@@H](O)[C@H]1OCc1ccccc1. The number of rotatable bonds is 10. The Morgan fingerprint density at radius 2 is 2.06 bits per heavy atom. The molecule has 0 spiro atoms. The maximum absolute atomic E-state index is 12.1. The second-order valence-corrected chi connectivity index (χ2v) is 8.28. The molecule has 1 fully saturated rings. The normalized spacial score (nSPS) is 29.1. The van der Waals surface area contributed by atoms with Crippen molar-refractivity contribution in [1.29, 1.82) is 0 Å². The lowest BCUT2D eigenvalue weighted by molar-refractivity contribution is -0.142. The number of carbonyl (C=O) groups excluding carboxylic acids is 2. The van der Waals surface area contributed by atoms with Crippen molar-refractivity contribution in [3.8, 4) is 0 Å². The highest BCUT2D eigenvalue weighted by atomic mass is 32.1. The van der Waals surface area contributed by atoms with E-state index in [2.05, 4.69) is 12.6 Å². The monoisotopic (exact) mass is 450 g/mol. The Morgan fingerprint density at radius 1 is 1.29 bits per heavy atom. The molecule has 2 aliphatic rings. The van der Waals surface area contributed by atoms with Gasteiger partial charge in [-0.3, -0.25) is 9.59 Å². The molecule has 1 N–H and O–H groups in total. The van der Waals surface area contributed by atoms with Crippen molar-refractivity contribution in [3.63, 3.8) is 0 Å². The van der Waals surface area contributed by atoms with Gasteiger partial charge in [0.15, 0.2) is 5.78 Å². The van der Waals surface area contributed by atoms with Gasteiger partial charge in [0.2, 0.25) is 0 Å². The molecule has 0 aliphatic carbocycles. The number of carbonyl (C=O) groups is 2. The van der Waals surface area contributed by atoms with Crippen molar-refractivity contribution < 1.29 is 33.6 Å². The van der Waals surface area contributed by atoms with Gasteiger partial charge in [-0.05, 0) is 23.8 Å². The molecule has 1 saturated heterocycles. The standard InChI is InChI=1S/C23H30O7S/c1-15(24)28-13-17(14-31)10-21-23(29-12-16-6-3-2-4-7-16)22(26)20(30-21)11-19-18(25)8-5-9-27-19/h2-8,17,19-23,26,31H,9-14H2,1H3/t17?,19-,20+,21-,22-,23+/m1/s1. The average molecular weight is 451 g/mol. The van der Waals surface area contributed by atoms with Gasteiger partial charge < -0.3 is 24.1 Å². The van der Waals surface area contributed by atoms with Crippen molar-refractivity contribution in [3.05, 3.63) is 48.0 Å². The van der Waals surface area contributed by atoms with Gasteiger partial charge >= 0.3 is 5.97 Å². The lowest BCUT2D eigenvalue weighted by Crippen LogP contribution is -2.39. The van der Waals surface area contributed by atoms with Crippen LogP contribution in [0.2, 0.25) is 0 Å². The Labute approximate surface area is 188 Å². The minimum Gasteiger partial charge on any atom is -0.466 e. The quantitative estimate of drug-likeness (QED) is 0.417. The van der Waals surface area contributed by atoms with Crippen LogP contribution in [-0.4, -0.2) is 66.3 Å². The maximum atomic E-state index is 12.1. The number of thiol groups is 1. The number of aliphatic hydroxyl groups is 1. The maximum Gasteiger partial charge on any atom is 0.302 e. The summed E-state index contributed by atoms with van der Waals surface area (Å²) in [4.78, 5) is 23.3. The smallest absolute Gasteiger partial charge is 0.302 e. The third-order valence-electron chi connectivity index (χ3n) is 5.50. The van der Waals surface area contributed by atoms with Crippen molar-refractivity contribution >= 4 is 24.4 Å². The number of ketones is 1. The molecule has 2 heterocycles. The van der Waals surface area contributed by atoms with Gasteiger partial charge in [0.1, 0.15) is 18.3 Å². The topological polar surface area (TPSA) is 91.3 Å². The highest BCUT2D eigenvalue weighted by molar-refractivity contribution is 7.80. The number of hydrogen-bond acceptors (Lipinski definition) is 8. The van der Waals surface area contributed by atoms with Gasteiger partial charge in [-0.15, -0.1) is 0 Å². The first kappa shape index (κ1) is 23.9. The largest absolute Gasteiger partial charge is 0.466 e. The van der Waals surface area contributed by atoms with Gasteiger partial charge in [0.05, 0.1) is 32.0 Å². The molecule has 0 amide bonds. The first-order chi connectivity index (χ1) is 15.0. The molecule has 0 saturated carbocycles. The second-order valence-electron chi connectivity index (χ2n) is 7.91. The molecule has 31 heavy (non-hydrogen) atoms. The van der Waals surface area contributed by atoms with Crippen molar-refractivity contribution in [2.75, 3.05) is 19.0 Å². The highest BCUT2D eigenvalue weighted by Crippen LogP contribution is 2.32. The second kappa shape index (κ2) is 11.8. The number of benzene rings is 1. The van der Waals surface area contributed by atoms with E-state index in [0.717, 1.165) is 5.56 Å². The molecule has 0 radical (unpaired) electrons. The summed E-state index contributed by atoms with van der Waals surface area (Å²) in [5.74, 6) is -0.0410. The molecule has 1 aromatic rings. The predicted octanol–water partition coefficient (Wildman–Crippen LogP) is 2.11. The molecule has 1 aromatic carbocycles. The number of esters is 1. The molecule has 8 heteroatoms. The molecule has 6 atom stereocenters. The lowest BCUT2D eigenvalue weighted by atomic mass is 9.96. The summed E-state index contributed by atoms with van der Waals surface area (Å²) < 4.78 is 22.9. The first-order valence-corrected chi connectivity index (χ1v) is 11.2. The first-order valence-electron chi connectivity index (χ1n) is 10.5. The van der Waals surface area contributed by atoms with Crippen LogP contribution in [0.15, 0.2) is 42.5 Å². The molecule has 0 aromatic heterocycles. The summed E-state index contributed by atoms with van der Waals surface area (Å²) in [6.45, 7) is 2.27. The summed E-state index contributed by atoms with van der Waals surface area (Å²) >= 11 is 4.37. The minimum atomic E-state index is -0.912. The summed E-state index contributed by atoms with van der Waals surface area (Å²) in [6, 6.07) is 9.68. The Bertz CT molecular complexity index is 754. The molecular formula is C23H30O7S. The van der Waals surface area contributed by atoms with Crippen molar-refractivity contribution in [2.24, 2.45) is 5.92 Å². The van der Waals surface area contributed by atoms with Crippen LogP contribution in [0, 0.1) is 5.92 Å². The molecule has 1 unspecified atom stereocenters. The summed E-state index contributed by atoms with van der Waals surface area (Å²) in [7, 11) is 0. The Balaban J connectivity index is 1.68. The van der Waals surface area contributed by atoms with Gasteiger partial charge in [-0.25, -0.2) is 0 Å². The highest BCUT2D eigenvalue weighted by Gasteiger charge is 2.46. The van der Waals surface area contributed by atoms with Crippen LogP contribution in [0.5, 0.6) is 0 Å². The predicted molar refractivity (Wildman–Crippen MR) is 117 cm³/mol. The Morgan fingerprint density at radius 3 is 2.74 bits per heavy atom. The van der Waals surface area contributed by atoms with E-state index in [4.69, 9.17) is 18.9 Å². The van der Waals surface area contributed by atoms with Crippen molar-refractivity contribution in [1.82, 2.24) is 0 Å². The van der Waals surface area contributed by atoms with Crippen molar-refractivity contribution in [2.45, 2.75) is 56.9 Å². The molecule has 2 aliphatic heterocycles. The number of aliphatic hydroxyl groups excluding tert-OH is 1. The zero-order valence-electron chi connectivity index (χ0n) is 17.6. The molecule has 0 bridgehead atoms. The summed E-state index contributed by atoms with van der Waals surface area (Å²) in [5, 5.41) is 11.0. The fourth-order valence-corrected chi connectivity index (χ4v) is 4.11.